The molecule has 0 radical (unpaired) electrons. The fourth-order valence-electron chi connectivity index (χ4n) is 1.78. The van der Waals surface area contributed by atoms with Gasteiger partial charge in [0.2, 0.25) is 0 Å². The van der Waals surface area contributed by atoms with Crippen molar-refractivity contribution in [3.63, 3.8) is 0 Å². The third-order valence-electron chi connectivity index (χ3n) is 2.41. The molecule has 0 atom stereocenters. The van der Waals surface area contributed by atoms with Crippen molar-refractivity contribution in [1.82, 2.24) is 0 Å². The highest BCUT2D eigenvalue weighted by molar-refractivity contribution is 7.87. The van der Waals surface area contributed by atoms with E-state index in [1.165, 1.54) is 12.1 Å². The molecule has 0 unspecified atom stereocenters. The standard InChI is InChI=1S/C8H8N2O5S/c11-10(12)7-3-1-2-6-4-5-9(8(6)7)16(13,14)15/h1-3H,4-5H2,(H,13,14,15). The average Bonchev–Trinajstić information content (AvgIpc) is 2.59. The monoisotopic (exact) mass is 244 g/mol. The first kappa shape index (κ1) is 10.8. The van der Waals surface area contributed by atoms with Crippen LogP contribution in [0.4, 0.5) is 11.4 Å². The Bertz CT molecular complexity index is 554. The molecular formula is C8H8N2O5S. The second kappa shape index (κ2) is 3.42. The molecule has 0 aliphatic carbocycles. The van der Waals surface area contributed by atoms with E-state index in [1.807, 2.05) is 0 Å². The van der Waals surface area contributed by atoms with E-state index in [0.29, 0.717) is 16.3 Å². The number of nitrogens with zero attached hydrogens (tertiary/aromatic N) is 2. The highest BCUT2D eigenvalue weighted by Crippen LogP contribution is 2.37. The summed E-state index contributed by atoms with van der Waals surface area (Å²) in [6, 6.07) is 4.31. The van der Waals surface area contributed by atoms with Crippen molar-refractivity contribution in [3.05, 3.63) is 33.9 Å². The lowest BCUT2D eigenvalue weighted by molar-refractivity contribution is -0.384. The van der Waals surface area contributed by atoms with Gasteiger partial charge in [-0.2, -0.15) is 8.42 Å². The summed E-state index contributed by atoms with van der Waals surface area (Å²) in [6.07, 6.45) is 0.358. The molecule has 0 saturated heterocycles. The molecule has 2 rings (SSSR count). The molecule has 0 spiro atoms. The van der Waals surface area contributed by atoms with Gasteiger partial charge in [0.15, 0.2) is 0 Å². The van der Waals surface area contributed by atoms with Gasteiger partial charge in [-0.25, -0.2) is 4.31 Å². The van der Waals surface area contributed by atoms with Crippen LogP contribution in [0.2, 0.25) is 0 Å². The molecule has 16 heavy (non-hydrogen) atoms. The van der Waals surface area contributed by atoms with Gasteiger partial charge in [-0.05, 0) is 12.0 Å². The molecule has 8 heteroatoms. The van der Waals surface area contributed by atoms with Crippen molar-refractivity contribution in [2.75, 3.05) is 10.8 Å². The first-order valence-electron chi connectivity index (χ1n) is 4.42. The van der Waals surface area contributed by atoms with Gasteiger partial charge >= 0.3 is 10.3 Å². The molecule has 1 aromatic rings. The molecule has 1 aromatic carbocycles. The van der Waals surface area contributed by atoms with Crippen molar-refractivity contribution in [3.8, 4) is 0 Å². The summed E-state index contributed by atoms with van der Waals surface area (Å²) in [5.74, 6) is 0. The summed E-state index contributed by atoms with van der Waals surface area (Å²) in [4.78, 5) is 10.1. The summed E-state index contributed by atoms with van der Waals surface area (Å²) in [5.41, 5.74) is 0.203. The number of anilines is 1. The quantitative estimate of drug-likeness (QED) is 0.470. The highest BCUT2D eigenvalue weighted by atomic mass is 32.2. The minimum Gasteiger partial charge on any atom is -0.269 e. The fourth-order valence-corrected chi connectivity index (χ4v) is 2.54. The van der Waals surface area contributed by atoms with E-state index in [4.69, 9.17) is 4.55 Å². The number of fused-ring (bicyclic) bond motifs is 1. The number of benzene rings is 1. The Morgan fingerprint density at radius 1 is 1.44 bits per heavy atom. The Hall–Kier alpha value is -1.67. The molecule has 1 aliphatic heterocycles. The number of hydrogen-bond acceptors (Lipinski definition) is 4. The van der Waals surface area contributed by atoms with Gasteiger partial charge in [-0.3, -0.25) is 14.7 Å². The number of rotatable bonds is 2. The van der Waals surface area contributed by atoms with Crippen LogP contribution in [0, 0.1) is 10.1 Å². The van der Waals surface area contributed by atoms with E-state index in [2.05, 4.69) is 0 Å². The lowest BCUT2D eigenvalue weighted by Crippen LogP contribution is -2.28. The van der Waals surface area contributed by atoms with Crippen LogP contribution in [0.1, 0.15) is 5.56 Å². The van der Waals surface area contributed by atoms with Crippen molar-refractivity contribution in [2.24, 2.45) is 0 Å². The van der Waals surface area contributed by atoms with Crippen molar-refractivity contribution < 1.29 is 17.9 Å². The van der Waals surface area contributed by atoms with Crippen LogP contribution in [-0.4, -0.2) is 24.4 Å². The van der Waals surface area contributed by atoms with Gasteiger partial charge in [0.1, 0.15) is 5.69 Å². The molecule has 0 fully saturated rings. The molecule has 1 heterocycles. The Kier molecular flexibility index (Phi) is 2.32. The Labute approximate surface area is 91.3 Å². The molecule has 86 valence electrons. The first-order chi connectivity index (χ1) is 7.41. The van der Waals surface area contributed by atoms with E-state index in [9.17, 15) is 18.5 Å². The molecule has 0 saturated carbocycles. The summed E-state index contributed by atoms with van der Waals surface area (Å²) in [5, 5.41) is 10.7. The van der Waals surface area contributed by atoms with Crippen molar-refractivity contribution in [2.45, 2.75) is 6.42 Å². The van der Waals surface area contributed by atoms with Crippen LogP contribution in [0.15, 0.2) is 18.2 Å². The maximum atomic E-state index is 11.0. The van der Waals surface area contributed by atoms with Crippen LogP contribution in [0.5, 0.6) is 0 Å². The number of nitro benzene ring substituents is 1. The minimum atomic E-state index is -4.44. The summed E-state index contributed by atoms with van der Waals surface area (Å²) < 4.78 is 31.7. The van der Waals surface area contributed by atoms with E-state index < -0.39 is 15.2 Å². The zero-order valence-electron chi connectivity index (χ0n) is 8.03. The maximum Gasteiger partial charge on any atom is 0.360 e. The van der Waals surface area contributed by atoms with Gasteiger partial charge < -0.3 is 0 Å². The van der Waals surface area contributed by atoms with Crippen molar-refractivity contribution >= 4 is 21.7 Å². The summed E-state index contributed by atoms with van der Waals surface area (Å²) in [6.45, 7) is 0.0268. The molecule has 7 nitrogen and oxygen atoms in total. The molecular weight excluding hydrogens is 236 g/mol. The zero-order valence-corrected chi connectivity index (χ0v) is 8.85. The second-order valence-electron chi connectivity index (χ2n) is 3.34. The fraction of sp³-hybridized carbons (Fsp3) is 0.250. The van der Waals surface area contributed by atoms with E-state index >= 15 is 0 Å². The molecule has 0 bridgehead atoms. The predicted octanol–water partition coefficient (Wildman–Crippen LogP) is 0.760. The van der Waals surface area contributed by atoms with Crippen LogP contribution >= 0.6 is 0 Å². The number of hydrogen-bond donors (Lipinski definition) is 1. The predicted molar refractivity (Wildman–Crippen MR) is 55.7 cm³/mol. The smallest absolute Gasteiger partial charge is 0.269 e. The van der Waals surface area contributed by atoms with E-state index in [1.54, 1.807) is 6.07 Å². The van der Waals surface area contributed by atoms with Crippen molar-refractivity contribution in [1.29, 1.82) is 0 Å². The van der Waals surface area contributed by atoms with E-state index in [-0.39, 0.29) is 17.9 Å². The molecule has 0 amide bonds. The zero-order chi connectivity index (χ0) is 11.9. The number of para-hydroxylation sites is 1. The Balaban J connectivity index is 2.65. The third-order valence-corrected chi connectivity index (χ3v) is 3.33. The normalized spacial score (nSPS) is 14.9. The lowest BCUT2D eigenvalue weighted by atomic mass is 10.1. The molecule has 1 N–H and O–H groups in total. The van der Waals surface area contributed by atoms with Crippen LogP contribution in [0.3, 0.4) is 0 Å². The second-order valence-corrected chi connectivity index (χ2v) is 4.68. The van der Waals surface area contributed by atoms with E-state index in [0.717, 1.165) is 0 Å². The molecule has 1 aliphatic rings. The average molecular weight is 244 g/mol. The topological polar surface area (TPSA) is 101 Å². The SMILES string of the molecule is O=[N+]([O-])c1cccc2c1N(S(=O)(=O)O)CC2. The minimum absolute atomic E-state index is 0.0268. The summed E-state index contributed by atoms with van der Waals surface area (Å²) >= 11 is 0. The Morgan fingerprint density at radius 2 is 2.12 bits per heavy atom. The third kappa shape index (κ3) is 1.61. The van der Waals surface area contributed by atoms with Crippen LogP contribution < -0.4 is 4.31 Å². The number of nitro groups is 1. The van der Waals surface area contributed by atoms with Crippen LogP contribution in [0.25, 0.3) is 0 Å². The maximum absolute atomic E-state index is 11.0. The summed E-state index contributed by atoms with van der Waals surface area (Å²) in [7, 11) is -4.44. The van der Waals surface area contributed by atoms with Gasteiger partial charge in [-0.15, -0.1) is 0 Å². The van der Waals surface area contributed by atoms with Gasteiger partial charge in [0.25, 0.3) is 5.69 Å². The highest BCUT2D eigenvalue weighted by Gasteiger charge is 2.34. The van der Waals surface area contributed by atoms with Crippen LogP contribution in [-0.2, 0) is 16.7 Å². The van der Waals surface area contributed by atoms with Gasteiger partial charge in [-0.1, -0.05) is 12.1 Å². The van der Waals surface area contributed by atoms with Gasteiger partial charge in [0.05, 0.1) is 4.92 Å². The lowest BCUT2D eigenvalue weighted by Gasteiger charge is -2.14. The van der Waals surface area contributed by atoms with Gasteiger partial charge in [0, 0.05) is 12.6 Å². The Morgan fingerprint density at radius 3 is 2.69 bits per heavy atom. The first-order valence-corrected chi connectivity index (χ1v) is 5.82. The molecule has 0 aromatic heterocycles. The largest absolute Gasteiger partial charge is 0.360 e.